The van der Waals surface area contributed by atoms with Crippen LogP contribution in [0.4, 0.5) is 0 Å². The zero-order chi connectivity index (χ0) is 28.2. The van der Waals surface area contributed by atoms with Crippen molar-refractivity contribution in [2.24, 2.45) is 5.41 Å². The van der Waals surface area contributed by atoms with E-state index in [1.165, 1.54) is 5.56 Å². The molecule has 0 radical (unpaired) electrons. The highest BCUT2D eigenvalue weighted by Gasteiger charge is 2.46. The van der Waals surface area contributed by atoms with Gasteiger partial charge in [-0.1, -0.05) is 63.2 Å². The Kier molecular flexibility index (Phi) is 8.95. The molecule has 1 heterocycles. The van der Waals surface area contributed by atoms with Gasteiger partial charge in [0, 0.05) is 6.42 Å². The summed E-state index contributed by atoms with van der Waals surface area (Å²) in [7, 11) is 1.70. The lowest BCUT2D eigenvalue weighted by atomic mass is 9.85. The highest BCUT2D eigenvalue weighted by Crippen LogP contribution is 2.32. The molecular weight excluding hydrogens is 492 g/mol. The lowest BCUT2D eigenvalue weighted by Gasteiger charge is -2.36. The van der Waals surface area contributed by atoms with Crippen molar-refractivity contribution in [3.8, 4) is 5.75 Å². The van der Waals surface area contributed by atoms with E-state index in [0.717, 1.165) is 24.8 Å². The molecule has 5 atom stereocenters. The summed E-state index contributed by atoms with van der Waals surface area (Å²) in [5, 5.41) is 9.11. The number of hydrogen-bond donors (Lipinski definition) is 3. The molecule has 2 aliphatic rings. The van der Waals surface area contributed by atoms with E-state index in [1.807, 2.05) is 63.2 Å². The van der Waals surface area contributed by atoms with Crippen LogP contribution < -0.4 is 20.7 Å². The van der Waals surface area contributed by atoms with E-state index in [9.17, 15) is 14.4 Å². The van der Waals surface area contributed by atoms with Crippen LogP contribution in [0, 0.1) is 5.41 Å². The number of amides is 3. The van der Waals surface area contributed by atoms with Crippen molar-refractivity contribution in [1.82, 2.24) is 20.9 Å². The molecule has 1 fully saturated rings. The zero-order valence-corrected chi connectivity index (χ0v) is 23.7. The van der Waals surface area contributed by atoms with Crippen molar-refractivity contribution in [3.63, 3.8) is 0 Å². The van der Waals surface area contributed by atoms with Crippen molar-refractivity contribution in [2.45, 2.75) is 83.6 Å². The highest BCUT2D eigenvalue weighted by molar-refractivity contribution is 5.94. The Morgan fingerprint density at radius 3 is 2.41 bits per heavy atom. The topological polar surface area (TPSA) is 99.8 Å². The minimum absolute atomic E-state index is 0.0944. The molecular formula is C31H42N4O4. The van der Waals surface area contributed by atoms with Crippen LogP contribution in [0.3, 0.4) is 0 Å². The van der Waals surface area contributed by atoms with Gasteiger partial charge in [0.2, 0.25) is 17.7 Å². The van der Waals surface area contributed by atoms with Crippen molar-refractivity contribution in [3.05, 3.63) is 65.7 Å². The summed E-state index contributed by atoms with van der Waals surface area (Å²) < 4.78 is 6.21. The van der Waals surface area contributed by atoms with Crippen LogP contribution >= 0.6 is 0 Å². The number of ether oxygens (including phenoxy) is 1. The molecule has 3 N–H and O–H groups in total. The van der Waals surface area contributed by atoms with E-state index in [0.29, 0.717) is 12.2 Å². The maximum Gasteiger partial charge on any atom is 0.246 e. The van der Waals surface area contributed by atoms with Gasteiger partial charge in [-0.15, -0.1) is 0 Å². The van der Waals surface area contributed by atoms with E-state index in [1.54, 1.807) is 18.9 Å². The van der Waals surface area contributed by atoms with Gasteiger partial charge in [0.05, 0.1) is 18.6 Å². The molecule has 8 heteroatoms. The zero-order valence-electron chi connectivity index (χ0n) is 23.7. The fraction of sp³-hybridized carbons (Fsp3) is 0.516. The molecule has 4 unspecified atom stereocenters. The lowest BCUT2D eigenvalue weighted by molar-refractivity contribution is -0.144. The molecule has 210 valence electrons. The number of aryl methyl sites for hydroxylation is 1. The SMILES string of the molecule is CNC(C)C(=O)NC(C(=O)N1CC(Oc2ccccc2)C[C@H]1C(=O)NC1CCCc2ccccc21)C(C)(C)C. The summed E-state index contributed by atoms with van der Waals surface area (Å²) in [5.74, 6) is -0.0307. The number of para-hydroxylation sites is 1. The van der Waals surface area contributed by atoms with E-state index in [2.05, 4.69) is 28.1 Å². The van der Waals surface area contributed by atoms with Crippen LogP contribution in [0.25, 0.3) is 0 Å². The van der Waals surface area contributed by atoms with Crippen LogP contribution in [-0.4, -0.2) is 60.4 Å². The molecule has 0 aromatic heterocycles. The molecule has 8 nitrogen and oxygen atoms in total. The third kappa shape index (κ3) is 6.79. The fourth-order valence-electron chi connectivity index (χ4n) is 5.45. The Bertz CT molecular complexity index is 1160. The average molecular weight is 535 g/mol. The molecule has 2 aromatic carbocycles. The van der Waals surface area contributed by atoms with Gasteiger partial charge >= 0.3 is 0 Å². The third-order valence-corrected chi connectivity index (χ3v) is 7.81. The summed E-state index contributed by atoms with van der Waals surface area (Å²) in [6.07, 6.45) is 2.88. The number of hydrogen-bond acceptors (Lipinski definition) is 5. The number of fused-ring (bicyclic) bond motifs is 1. The van der Waals surface area contributed by atoms with Gasteiger partial charge in [-0.3, -0.25) is 14.4 Å². The summed E-state index contributed by atoms with van der Waals surface area (Å²) in [6, 6.07) is 15.6. The van der Waals surface area contributed by atoms with Crippen molar-refractivity contribution >= 4 is 17.7 Å². The first-order valence-electron chi connectivity index (χ1n) is 14.0. The Morgan fingerprint density at radius 2 is 1.72 bits per heavy atom. The summed E-state index contributed by atoms with van der Waals surface area (Å²) in [5.41, 5.74) is 1.83. The molecule has 3 amide bonds. The molecule has 2 aromatic rings. The van der Waals surface area contributed by atoms with Crippen LogP contribution in [0.15, 0.2) is 54.6 Å². The molecule has 1 saturated heterocycles. The van der Waals surface area contributed by atoms with Crippen LogP contribution in [-0.2, 0) is 20.8 Å². The standard InChI is InChI=1S/C31H42N4O4/c1-20(32-5)28(36)34-27(31(2,3)4)30(38)35-19-23(39-22-14-7-6-8-15-22)18-26(35)29(37)33-25-17-11-13-21-12-9-10-16-24(21)25/h6-10,12,14-16,20,23,25-27,32H,11,13,17-19H2,1-5H3,(H,33,37)(H,34,36)/t20?,23?,25?,26-,27?/m0/s1. The molecule has 1 aliphatic carbocycles. The highest BCUT2D eigenvalue weighted by atomic mass is 16.5. The summed E-state index contributed by atoms with van der Waals surface area (Å²) in [6.45, 7) is 7.76. The molecule has 0 spiro atoms. The predicted molar refractivity (Wildman–Crippen MR) is 151 cm³/mol. The maximum atomic E-state index is 14.1. The number of carbonyl (C=O) groups excluding carboxylic acids is 3. The second-order valence-electron chi connectivity index (χ2n) is 11.8. The number of nitrogens with one attached hydrogen (secondary N) is 3. The first-order valence-corrected chi connectivity index (χ1v) is 14.0. The maximum absolute atomic E-state index is 14.1. The van der Waals surface area contributed by atoms with Crippen molar-refractivity contribution in [1.29, 1.82) is 0 Å². The van der Waals surface area contributed by atoms with Gasteiger partial charge in [-0.05, 0) is 61.9 Å². The van der Waals surface area contributed by atoms with Gasteiger partial charge in [-0.25, -0.2) is 0 Å². The number of rotatable bonds is 8. The fourth-order valence-corrected chi connectivity index (χ4v) is 5.45. The second-order valence-corrected chi connectivity index (χ2v) is 11.8. The summed E-state index contributed by atoms with van der Waals surface area (Å²) >= 11 is 0. The van der Waals surface area contributed by atoms with Gasteiger partial charge in [0.15, 0.2) is 0 Å². The van der Waals surface area contributed by atoms with Crippen LogP contribution in [0.1, 0.15) is 64.1 Å². The van der Waals surface area contributed by atoms with Gasteiger partial charge in [-0.2, -0.15) is 0 Å². The quantitative estimate of drug-likeness (QED) is 0.482. The van der Waals surface area contributed by atoms with E-state index in [-0.39, 0.29) is 36.4 Å². The molecule has 0 saturated carbocycles. The number of nitrogens with zero attached hydrogens (tertiary/aromatic N) is 1. The van der Waals surface area contributed by atoms with Crippen LogP contribution in [0.2, 0.25) is 0 Å². The van der Waals surface area contributed by atoms with Gasteiger partial charge in [0.25, 0.3) is 0 Å². The predicted octanol–water partition coefficient (Wildman–Crippen LogP) is 3.37. The van der Waals surface area contributed by atoms with Gasteiger partial charge in [0.1, 0.15) is 23.9 Å². The molecule has 0 bridgehead atoms. The van der Waals surface area contributed by atoms with Crippen molar-refractivity contribution < 1.29 is 19.1 Å². The second kappa shape index (κ2) is 12.2. The molecule has 1 aliphatic heterocycles. The first-order chi connectivity index (χ1) is 18.6. The smallest absolute Gasteiger partial charge is 0.246 e. The first kappa shape index (κ1) is 28.6. The minimum atomic E-state index is -0.804. The van der Waals surface area contributed by atoms with Gasteiger partial charge < -0.3 is 25.6 Å². The van der Waals surface area contributed by atoms with Crippen LogP contribution in [0.5, 0.6) is 5.75 Å². The molecule has 4 rings (SSSR count). The van der Waals surface area contributed by atoms with Crippen molar-refractivity contribution in [2.75, 3.05) is 13.6 Å². The largest absolute Gasteiger partial charge is 0.488 e. The number of carbonyl (C=O) groups is 3. The number of likely N-dealkylation sites (tertiary alicyclic amines) is 1. The molecule has 39 heavy (non-hydrogen) atoms. The van der Waals surface area contributed by atoms with E-state index in [4.69, 9.17) is 4.74 Å². The minimum Gasteiger partial charge on any atom is -0.488 e. The Labute approximate surface area is 231 Å². The average Bonchev–Trinajstić information content (AvgIpc) is 3.34. The lowest BCUT2D eigenvalue weighted by Crippen LogP contribution is -2.59. The Hall–Kier alpha value is -3.39. The third-order valence-electron chi connectivity index (χ3n) is 7.81. The number of benzene rings is 2. The Morgan fingerprint density at radius 1 is 1.03 bits per heavy atom. The monoisotopic (exact) mass is 534 g/mol. The summed E-state index contributed by atoms with van der Waals surface area (Å²) in [4.78, 5) is 42.3. The van der Waals surface area contributed by atoms with E-state index >= 15 is 0 Å². The normalized spacial score (nSPS) is 22.4. The van der Waals surface area contributed by atoms with E-state index < -0.39 is 23.5 Å². The number of likely N-dealkylation sites (N-methyl/N-ethyl adjacent to an activating group) is 1. The Balaban J connectivity index is 1.58.